The van der Waals surface area contributed by atoms with Crippen LogP contribution in [-0.4, -0.2) is 22.5 Å². The third kappa shape index (κ3) is 5.41. The van der Waals surface area contributed by atoms with E-state index in [-0.39, 0.29) is 17.0 Å². The summed E-state index contributed by atoms with van der Waals surface area (Å²) in [5, 5.41) is 2.75. The van der Waals surface area contributed by atoms with Crippen molar-refractivity contribution in [2.24, 2.45) is 0 Å². The zero-order chi connectivity index (χ0) is 19.3. The van der Waals surface area contributed by atoms with Crippen molar-refractivity contribution in [2.45, 2.75) is 53.1 Å². The van der Waals surface area contributed by atoms with E-state index in [4.69, 9.17) is 4.74 Å². The standard InChI is InChI=1S/C21H26N2O3/c1-6-8-15-11-12-16(17(13-15)20(25)26-21(3,4)5)19(24)23-18-10-7-9-14(2)22-18/h7,9-13H,6,8H2,1-5H3,(H,22,23,24). The molecule has 1 N–H and O–H groups in total. The number of hydrogen-bond donors (Lipinski definition) is 1. The van der Waals surface area contributed by atoms with Crippen molar-refractivity contribution in [2.75, 3.05) is 5.32 Å². The summed E-state index contributed by atoms with van der Waals surface area (Å²) in [4.78, 5) is 29.6. The molecule has 0 aliphatic carbocycles. The molecular formula is C21H26N2O3. The quantitative estimate of drug-likeness (QED) is 0.800. The second kappa shape index (κ2) is 8.13. The smallest absolute Gasteiger partial charge is 0.339 e. The number of benzene rings is 1. The lowest BCUT2D eigenvalue weighted by atomic mass is 10.0. The molecule has 1 aromatic carbocycles. The molecule has 138 valence electrons. The van der Waals surface area contributed by atoms with Crippen LogP contribution in [0.3, 0.4) is 0 Å². The predicted octanol–water partition coefficient (Wildman–Crippen LogP) is 4.55. The van der Waals surface area contributed by atoms with Gasteiger partial charge >= 0.3 is 5.97 Å². The number of carbonyl (C=O) groups is 2. The highest BCUT2D eigenvalue weighted by atomic mass is 16.6. The first kappa shape index (κ1) is 19.6. The number of hydrogen-bond acceptors (Lipinski definition) is 4. The molecule has 0 fully saturated rings. The van der Waals surface area contributed by atoms with Crippen molar-refractivity contribution in [3.63, 3.8) is 0 Å². The topological polar surface area (TPSA) is 68.3 Å². The summed E-state index contributed by atoms with van der Waals surface area (Å²) in [6.45, 7) is 9.32. The Labute approximate surface area is 154 Å². The maximum atomic E-state index is 12.7. The van der Waals surface area contributed by atoms with Gasteiger partial charge in [0.25, 0.3) is 5.91 Å². The number of anilines is 1. The summed E-state index contributed by atoms with van der Waals surface area (Å²) in [7, 11) is 0. The lowest BCUT2D eigenvalue weighted by Crippen LogP contribution is -2.26. The van der Waals surface area contributed by atoms with Gasteiger partial charge in [-0.25, -0.2) is 9.78 Å². The average molecular weight is 354 g/mol. The van der Waals surface area contributed by atoms with Crippen LogP contribution in [0.1, 0.15) is 66.1 Å². The largest absolute Gasteiger partial charge is 0.456 e. The van der Waals surface area contributed by atoms with Crippen LogP contribution >= 0.6 is 0 Å². The number of carbonyl (C=O) groups excluding carboxylic acids is 2. The first-order chi connectivity index (χ1) is 12.2. The fourth-order valence-corrected chi connectivity index (χ4v) is 2.53. The van der Waals surface area contributed by atoms with E-state index in [1.54, 1.807) is 39.0 Å². The molecule has 0 unspecified atom stereocenters. The van der Waals surface area contributed by atoms with Crippen LogP contribution in [0.25, 0.3) is 0 Å². The lowest BCUT2D eigenvalue weighted by Gasteiger charge is -2.21. The minimum absolute atomic E-state index is 0.274. The minimum Gasteiger partial charge on any atom is -0.456 e. The van der Waals surface area contributed by atoms with E-state index in [9.17, 15) is 9.59 Å². The fourth-order valence-electron chi connectivity index (χ4n) is 2.53. The molecule has 5 heteroatoms. The Morgan fingerprint density at radius 1 is 1.12 bits per heavy atom. The summed E-state index contributed by atoms with van der Waals surface area (Å²) in [6.07, 6.45) is 1.78. The number of nitrogens with zero attached hydrogens (tertiary/aromatic N) is 1. The van der Waals surface area contributed by atoms with Crippen LogP contribution in [0.2, 0.25) is 0 Å². The zero-order valence-corrected chi connectivity index (χ0v) is 16.1. The SMILES string of the molecule is CCCc1ccc(C(=O)Nc2cccc(C)n2)c(C(=O)OC(C)(C)C)c1. The number of nitrogens with one attached hydrogen (secondary N) is 1. The molecule has 0 spiro atoms. The van der Waals surface area contributed by atoms with Gasteiger partial charge in [0, 0.05) is 5.69 Å². The number of aromatic nitrogens is 1. The van der Waals surface area contributed by atoms with E-state index in [1.807, 2.05) is 25.1 Å². The van der Waals surface area contributed by atoms with Crippen LogP contribution in [0, 0.1) is 6.92 Å². The van der Waals surface area contributed by atoms with E-state index in [0.29, 0.717) is 5.82 Å². The van der Waals surface area contributed by atoms with Gasteiger partial charge < -0.3 is 10.1 Å². The molecule has 0 bridgehead atoms. The first-order valence-electron chi connectivity index (χ1n) is 8.81. The molecule has 0 saturated carbocycles. The number of rotatable bonds is 5. The Morgan fingerprint density at radius 3 is 2.46 bits per heavy atom. The van der Waals surface area contributed by atoms with Gasteiger partial charge in [-0.05, 0) is 63.9 Å². The fraction of sp³-hybridized carbons (Fsp3) is 0.381. The summed E-state index contributed by atoms with van der Waals surface area (Å²) in [5.74, 6) is -0.437. The van der Waals surface area contributed by atoms with Crippen molar-refractivity contribution < 1.29 is 14.3 Å². The minimum atomic E-state index is -0.635. The number of amides is 1. The van der Waals surface area contributed by atoms with E-state index in [0.717, 1.165) is 24.1 Å². The Kier molecular flexibility index (Phi) is 6.14. The molecule has 1 heterocycles. The average Bonchev–Trinajstić information content (AvgIpc) is 2.53. The van der Waals surface area contributed by atoms with Crippen LogP contribution < -0.4 is 5.32 Å². The summed E-state index contributed by atoms with van der Waals surface area (Å²) < 4.78 is 5.48. The van der Waals surface area contributed by atoms with Crippen LogP contribution in [0.4, 0.5) is 5.82 Å². The lowest BCUT2D eigenvalue weighted by molar-refractivity contribution is 0.00677. The Hall–Kier alpha value is -2.69. The summed E-state index contributed by atoms with van der Waals surface area (Å²) >= 11 is 0. The molecule has 0 radical (unpaired) electrons. The Balaban J connectivity index is 2.36. The van der Waals surface area contributed by atoms with Crippen LogP contribution in [0.5, 0.6) is 0 Å². The van der Waals surface area contributed by atoms with Gasteiger partial charge in [-0.1, -0.05) is 25.5 Å². The molecule has 0 saturated heterocycles. The van der Waals surface area contributed by atoms with Gasteiger partial charge in [0.05, 0.1) is 11.1 Å². The van der Waals surface area contributed by atoms with Crippen molar-refractivity contribution in [1.82, 2.24) is 4.98 Å². The van der Waals surface area contributed by atoms with Crippen molar-refractivity contribution in [3.8, 4) is 0 Å². The van der Waals surface area contributed by atoms with Crippen LogP contribution in [-0.2, 0) is 11.2 Å². The molecule has 0 atom stereocenters. The molecule has 0 aliphatic rings. The second-order valence-electron chi connectivity index (χ2n) is 7.25. The van der Waals surface area contributed by atoms with Gasteiger partial charge in [-0.3, -0.25) is 4.79 Å². The highest BCUT2D eigenvalue weighted by Gasteiger charge is 2.23. The molecule has 2 rings (SSSR count). The van der Waals surface area contributed by atoms with Gasteiger partial charge in [0.15, 0.2) is 0 Å². The normalized spacial score (nSPS) is 11.1. The second-order valence-corrected chi connectivity index (χ2v) is 7.25. The van der Waals surface area contributed by atoms with Gasteiger partial charge in [-0.2, -0.15) is 0 Å². The first-order valence-corrected chi connectivity index (χ1v) is 8.81. The van der Waals surface area contributed by atoms with E-state index < -0.39 is 11.6 Å². The number of pyridine rings is 1. The molecule has 1 amide bonds. The number of ether oxygens (including phenoxy) is 1. The van der Waals surface area contributed by atoms with E-state index >= 15 is 0 Å². The molecular weight excluding hydrogens is 328 g/mol. The number of esters is 1. The van der Waals surface area contributed by atoms with Crippen LogP contribution in [0.15, 0.2) is 36.4 Å². The highest BCUT2D eigenvalue weighted by Crippen LogP contribution is 2.20. The third-order valence-electron chi connectivity index (χ3n) is 3.62. The molecule has 2 aromatic rings. The molecule has 26 heavy (non-hydrogen) atoms. The maximum Gasteiger partial charge on any atom is 0.339 e. The number of aryl methyl sites for hydroxylation is 2. The van der Waals surface area contributed by atoms with Gasteiger partial charge in [-0.15, -0.1) is 0 Å². The Bertz CT molecular complexity index is 807. The summed E-state index contributed by atoms with van der Waals surface area (Å²) in [5.41, 5.74) is 1.72. The maximum absolute atomic E-state index is 12.7. The molecule has 0 aliphatic heterocycles. The van der Waals surface area contributed by atoms with E-state index in [1.165, 1.54) is 0 Å². The molecule has 5 nitrogen and oxygen atoms in total. The van der Waals surface area contributed by atoms with Crippen molar-refractivity contribution >= 4 is 17.7 Å². The van der Waals surface area contributed by atoms with Crippen molar-refractivity contribution in [1.29, 1.82) is 0 Å². The Morgan fingerprint density at radius 2 is 1.85 bits per heavy atom. The van der Waals surface area contributed by atoms with E-state index in [2.05, 4.69) is 17.2 Å². The third-order valence-corrected chi connectivity index (χ3v) is 3.62. The van der Waals surface area contributed by atoms with Crippen molar-refractivity contribution in [3.05, 3.63) is 58.8 Å². The zero-order valence-electron chi connectivity index (χ0n) is 16.1. The summed E-state index contributed by atoms with van der Waals surface area (Å²) in [6, 6.07) is 10.7. The molecule has 1 aromatic heterocycles. The highest BCUT2D eigenvalue weighted by molar-refractivity contribution is 6.10. The monoisotopic (exact) mass is 354 g/mol. The van der Waals surface area contributed by atoms with Gasteiger partial charge in [0.2, 0.25) is 0 Å². The predicted molar refractivity (Wildman–Crippen MR) is 103 cm³/mol. The van der Waals surface area contributed by atoms with Gasteiger partial charge in [0.1, 0.15) is 11.4 Å².